The first-order chi connectivity index (χ1) is 4.42. The molecule has 0 bridgehead atoms. The number of likely N-dealkylation sites (N-methyl/N-ethyl adjacent to an activating group) is 1. The van der Waals surface area contributed by atoms with Gasteiger partial charge in [-0.25, -0.2) is 4.79 Å². The minimum absolute atomic E-state index is 0.742. The standard InChI is InChI=1S/C7H13NO2/c1-8(2,3)6-4-5-7(9)10/h4-5H,6H2,1-3H3/p+1/b5-4+/i1+2,2+2,3+2. The van der Waals surface area contributed by atoms with Crippen LogP contribution in [0.3, 0.4) is 0 Å². The van der Waals surface area contributed by atoms with E-state index in [-0.39, 0.29) is 0 Å². The highest BCUT2D eigenvalue weighted by Gasteiger charge is 2.01. The Balaban J connectivity index is 3.64. The van der Waals surface area contributed by atoms with Crippen molar-refractivity contribution >= 4 is 5.97 Å². The number of carboxylic acids is 1. The van der Waals surface area contributed by atoms with Crippen molar-refractivity contribution in [1.29, 1.82) is 0 Å². The quantitative estimate of drug-likeness (QED) is 0.465. The monoisotopic (exact) mass is 150 g/mol. The summed E-state index contributed by atoms with van der Waals surface area (Å²) >= 11 is 0. The molecule has 0 fully saturated rings. The molecule has 0 radical (unpaired) electrons. The van der Waals surface area contributed by atoms with Crippen molar-refractivity contribution in [1.82, 2.24) is 0 Å². The van der Waals surface area contributed by atoms with Crippen LogP contribution in [0.15, 0.2) is 12.2 Å². The molecule has 0 atom stereocenters. The molecule has 0 rings (SSSR count). The summed E-state index contributed by atoms with van der Waals surface area (Å²) in [6.07, 6.45) is 2.83. The zero-order chi connectivity index (χ0) is 8.20. The predicted molar refractivity (Wildman–Crippen MR) is 39.7 cm³/mol. The lowest BCUT2D eigenvalue weighted by Gasteiger charge is -2.21. The van der Waals surface area contributed by atoms with Gasteiger partial charge in [-0.05, 0) is 6.08 Å². The summed E-state index contributed by atoms with van der Waals surface area (Å²) < 4.78 is 0.754. The first-order valence-corrected chi connectivity index (χ1v) is 3.12. The number of aliphatic carboxylic acids is 1. The van der Waals surface area contributed by atoms with Gasteiger partial charge >= 0.3 is 5.97 Å². The van der Waals surface area contributed by atoms with E-state index in [1.807, 2.05) is 21.1 Å². The molecular formula is C7H14NO2+. The van der Waals surface area contributed by atoms with Crippen LogP contribution in [0.4, 0.5) is 0 Å². The van der Waals surface area contributed by atoms with Crippen LogP contribution in [-0.2, 0) is 4.79 Å². The summed E-state index contributed by atoms with van der Waals surface area (Å²) in [5, 5.41) is 8.22. The second kappa shape index (κ2) is 3.37. The molecule has 0 amide bonds. The van der Waals surface area contributed by atoms with Gasteiger partial charge in [-0.1, -0.05) is 0 Å². The number of hydrogen-bond acceptors (Lipinski definition) is 1. The lowest BCUT2D eigenvalue weighted by Crippen LogP contribution is -2.34. The molecule has 1 N–H and O–H groups in total. The highest BCUT2D eigenvalue weighted by Crippen LogP contribution is 1.89. The fourth-order valence-corrected chi connectivity index (χ4v) is 0.470. The molecule has 0 aliphatic carbocycles. The molecule has 0 unspecified atom stereocenters. The summed E-state index contributed by atoms with van der Waals surface area (Å²) in [4.78, 5) is 9.99. The van der Waals surface area contributed by atoms with E-state index in [4.69, 9.17) is 5.11 Å². The molecule has 10 heavy (non-hydrogen) atoms. The molecule has 0 saturated heterocycles. The SMILES string of the molecule is [14CH3][N+]([14CH3])([14CH3])C/C=C/C(=O)O. The summed E-state index contributed by atoms with van der Waals surface area (Å²) in [6, 6.07) is 0. The van der Waals surface area contributed by atoms with E-state index < -0.39 is 5.97 Å². The number of nitrogens with zero attached hydrogens (tertiary/aromatic N) is 1. The van der Waals surface area contributed by atoms with Gasteiger partial charge < -0.3 is 9.59 Å². The van der Waals surface area contributed by atoms with Gasteiger partial charge in [0.05, 0.1) is 27.7 Å². The van der Waals surface area contributed by atoms with Crippen LogP contribution in [-0.4, -0.2) is 43.2 Å². The molecule has 0 aromatic heterocycles. The predicted octanol–water partition coefficient (Wildman–Crippen LogP) is 0.333. The number of carbonyl (C=O) groups is 1. The minimum Gasteiger partial charge on any atom is -0.478 e. The number of quaternary nitrogens is 1. The highest BCUT2D eigenvalue weighted by atomic mass is 16.4. The molecule has 0 spiro atoms. The maximum absolute atomic E-state index is 9.99. The molecule has 3 heteroatoms. The van der Waals surface area contributed by atoms with Crippen molar-refractivity contribution < 1.29 is 14.4 Å². The van der Waals surface area contributed by atoms with Crippen molar-refractivity contribution in [2.45, 2.75) is 0 Å². The molecule has 0 aliphatic heterocycles. The van der Waals surface area contributed by atoms with Gasteiger partial charge in [0, 0.05) is 6.08 Å². The number of rotatable bonds is 3. The summed E-state index contributed by atoms with van der Waals surface area (Å²) in [5.74, 6) is -0.881. The van der Waals surface area contributed by atoms with Crippen molar-refractivity contribution in [3.05, 3.63) is 12.2 Å². The summed E-state index contributed by atoms with van der Waals surface area (Å²) in [7, 11) is 6.02. The highest BCUT2D eigenvalue weighted by molar-refractivity contribution is 5.79. The fraction of sp³-hybridized carbons (Fsp3) is 0.571. The van der Waals surface area contributed by atoms with Gasteiger partial charge in [0.1, 0.15) is 0 Å². The van der Waals surface area contributed by atoms with Crippen molar-refractivity contribution in [2.75, 3.05) is 27.7 Å². The van der Waals surface area contributed by atoms with Crippen LogP contribution in [0, 0.1) is 0 Å². The summed E-state index contributed by atoms with van der Waals surface area (Å²) in [5.41, 5.74) is 0. The van der Waals surface area contributed by atoms with Gasteiger partial charge in [-0.15, -0.1) is 0 Å². The third-order valence-electron chi connectivity index (χ3n) is 0.914. The number of hydrogen-bond donors (Lipinski definition) is 1. The molecule has 0 saturated carbocycles. The largest absolute Gasteiger partial charge is 0.478 e. The lowest BCUT2D eigenvalue weighted by molar-refractivity contribution is -0.864. The molecule has 0 aliphatic rings. The topological polar surface area (TPSA) is 37.3 Å². The van der Waals surface area contributed by atoms with Crippen LogP contribution >= 0.6 is 0 Å². The Morgan fingerprint density at radius 2 is 2.00 bits per heavy atom. The molecule has 58 valence electrons. The van der Waals surface area contributed by atoms with Crippen LogP contribution in [0.1, 0.15) is 0 Å². The Kier molecular flexibility index (Phi) is 3.09. The maximum atomic E-state index is 9.99. The minimum atomic E-state index is -0.881. The van der Waals surface area contributed by atoms with Gasteiger partial charge in [-0.2, -0.15) is 0 Å². The van der Waals surface area contributed by atoms with E-state index >= 15 is 0 Å². The second-order valence-electron chi connectivity index (χ2n) is 3.21. The zero-order valence-electron chi connectivity index (χ0n) is 6.66. The van der Waals surface area contributed by atoms with Crippen LogP contribution in [0.5, 0.6) is 0 Å². The fourth-order valence-electron chi connectivity index (χ4n) is 0.470. The second-order valence-corrected chi connectivity index (χ2v) is 3.21. The average Bonchev–Trinajstić information content (AvgIpc) is 1.59. The molecule has 0 heterocycles. The first-order valence-electron chi connectivity index (χ1n) is 3.12. The molecule has 3 nitrogen and oxygen atoms in total. The van der Waals surface area contributed by atoms with Gasteiger partial charge in [0.15, 0.2) is 0 Å². The average molecular weight is 150 g/mol. The molecular weight excluding hydrogens is 136 g/mol. The third kappa shape index (κ3) is 7.17. The first kappa shape index (κ1) is 9.17. The smallest absolute Gasteiger partial charge is 0.328 e. The Hall–Kier alpha value is -0.830. The normalized spacial score (nSPS) is 12.3. The Bertz CT molecular complexity index is 144. The van der Waals surface area contributed by atoms with E-state index in [1.165, 1.54) is 6.08 Å². The van der Waals surface area contributed by atoms with Gasteiger partial charge in [0.2, 0.25) is 0 Å². The van der Waals surface area contributed by atoms with E-state index in [0.29, 0.717) is 0 Å². The van der Waals surface area contributed by atoms with Crippen LogP contribution < -0.4 is 0 Å². The van der Waals surface area contributed by atoms with Crippen molar-refractivity contribution in [3.8, 4) is 0 Å². The molecule has 0 aromatic rings. The van der Waals surface area contributed by atoms with E-state index in [2.05, 4.69) is 0 Å². The maximum Gasteiger partial charge on any atom is 0.328 e. The van der Waals surface area contributed by atoms with E-state index in [0.717, 1.165) is 11.0 Å². The zero-order valence-corrected chi connectivity index (χ0v) is 6.66. The van der Waals surface area contributed by atoms with Crippen molar-refractivity contribution in [2.24, 2.45) is 0 Å². The molecule has 0 aromatic carbocycles. The Labute approximate surface area is 61.2 Å². The summed E-state index contributed by atoms with van der Waals surface area (Å²) in [6.45, 7) is 0.742. The Morgan fingerprint density at radius 1 is 1.50 bits per heavy atom. The number of carboxylic acid groups (broad SMARTS) is 1. The van der Waals surface area contributed by atoms with Crippen molar-refractivity contribution in [3.63, 3.8) is 0 Å². The lowest BCUT2D eigenvalue weighted by atomic mass is 10.5. The Morgan fingerprint density at radius 3 is 2.30 bits per heavy atom. The van der Waals surface area contributed by atoms with Crippen LogP contribution in [0.25, 0.3) is 0 Å². The third-order valence-corrected chi connectivity index (χ3v) is 0.914. The van der Waals surface area contributed by atoms with E-state index in [1.54, 1.807) is 6.08 Å². The van der Waals surface area contributed by atoms with Gasteiger partial charge in [0.25, 0.3) is 0 Å². The van der Waals surface area contributed by atoms with Crippen LogP contribution in [0.2, 0.25) is 0 Å². The van der Waals surface area contributed by atoms with E-state index in [9.17, 15) is 4.79 Å². The van der Waals surface area contributed by atoms with Gasteiger partial charge in [-0.3, -0.25) is 0 Å².